The van der Waals surface area contributed by atoms with E-state index in [9.17, 15) is 4.79 Å². The van der Waals surface area contributed by atoms with Crippen LogP contribution in [-0.2, 0) is 5.54 Å². The molecule has 0 aliphatic rings. The summed E-state index contributed by atoms with van der Waals surface area (Å²) in [5.41, 5.74) is 7.07. The first kappa shape index (κ1) is 21.3. The summed E-state index contributed by atoms with van der Waals surface area (Å²) >= 11 is 1.39. The molecule has 0 saturated carbocycles. The van der Waals surface area contributed by atoms with E-state index < -0.39 is 5.54 Å². The van der Waals surface area contributed by atoms with Crippen molar-refractivity contribution in [3.8, 4) is 17.7 Å². The Morgan fingerprint density at radius 3 is 2.79 bits per heavy atom. The minimum Gasteiger partial charge on any atom is -0.463 e. The number of thioether (sulfide) groups is 1. The molecular weight excluding hydrogens is 374 g/mol. The molecule has 1 amide bonds. The Kier molecular flexibility index (Phi) is 7.41. The molecule has 1 aromatic carbocycles. The quantitative estimate of drug-likeness (QED) is 0.441. The summed E-state index contributed by atoms with van der Waals surface area (Å²) in [4.78, 5) is 25.1. The highest BCUT2D eigenvalue weighted by molar-refractivity contribution is 8.13. The Bertz CT molecular complexity index is 914. The van der Waals surface area contributed by atoms with Crippen molar-refractivity contribution in [3.63, 3.8) is 0 Å². The van der Waals surface area contributed by atoms with Crippen molar-refractivity contribution in [3.05, 3.63) is 47.9 Å². The number of amidine groups is 1. The Balaban J connectivity index is 2.11. The standard InChI is InChI=1S/C20H23N5O2S/c1-5-6-10-27-17-13-22-16(12-23-17)18(26)24-15-9-7-8-14(11-15)20(2,3)25-19(21)28-4/h7-9,11-13H,10H2,1-4H3,(H2,21,25)(H,24,26). The van der Waals surface area contributed by atoms with Crippen LogP contribution in [0.15, 0.2) is 41.7 Å². The monoisotopic (exact) mass is 397 g/mol. The summed E-state index contributed by atoms with van der Waals surface area (Å²) in [6.07, 6.45) is 4.63. The number of amides is 1. The third-order valence-corrected chi connectivity index (χ3v) is 4.27. The zero-order chi connectivity index (χ0) is 20.6. The second-order valence-corrected chi connectivity index (χ2v) is 7.03. The third-order valence-electron chi connectivity index (χ3n) is 3.76. The molecule has 0 fully saturated rings. The molecule has 0 bridgehead atoms. The number of aromatic nitrogens is 2. The fraction of sp³-hybridized carbons (Fsp3) is 0.300. The number of nitrogens with zero attached hydrogens (tertiary/aromatic N) is 3. The maximum absolute atomic E-state index is 12.4. The van der Waals surface area contributed by atoms with Crippen molar-refractivity contribution in [1.82, 2.24) is 9.97 Å². The van der Waals surface area contributed by atoms with E-state index in [1.165, 1.54) is 24.2 Å². The molecule has 0 spiro atoms. The van der Waals surface area contributed by atoms with Crippen LogP contribution in [0.4, 0.5) is 5.69 Å². The zero-order valence-electron chi connectivity index (χ0n) is 16.3. The van der Waals surface area contributed by atoms with Gasteiger partial charge in [-0.1, -0.05) is 29.8 Å². The van der Waals surface area contributed by atoms with Gasteiger partial charge in [0.05, 0.1) is 17.9 Å². The van der Waals surface area contributed by atoms with Crippen LogP contribution in [0.1, 0.15) is 36.8 Å². The third kappa shape index (κ3) is 5.99. The van der Waals surface area contributed by atoms with Crippen molar-refractivity contribution in [2.24, 2.45) is 10.7 Å². The smallest absolute Gasteiger partial charge is 0.275 e. The summed E-state index contributed by atoms with van der Waals surface area (Å²) in [7, 11) is 0. The number of carbonyl (C=O) groups excluding carboxylic acids is 1. The average molecular weight is 398 g/mol. The van der Waals surface area contributed by atoms with Crippen molar-refractivity contribution in [2.75, 3.05) is 18.2 Å². The number of ether oxygens (including phenoxy) is 1. The predicted octanol–water partition coefficient (Wildman–Crippen LogP) is 3.04. The van der Waals surface area contributed by atoms with Gasteiger partial charge >= 0.3 is 0 Å². The van der Waals surface area contributed by atoms with Gasteiger partial charge in [-0.05, 0) is 44.7 Å². The molecule has 0 aliphatic heterocycles. The van der Waals surface area contributed by atoms with Gasteiger partial charge in [-0.15, -0.1) is 5.92 Å². The normalized spacial score (nSPS) is 11.4. The lowest BCUT2D eigenvalue weighted by Gasteiger charge is -2.21. The van der Waals surface area contributed by atoms with E-state index in [1.54, 1.807) is 13.0 Å². The molecule has 2 rings (SSSR count). The summed E-state index contributed by atoms with van der Waals surface area (Å²) < 4.78 is 5.29. The highest BCUT2D eigenvalue weighted by Gasteiger charge is 2.20. The minimum absolute atomic E-state index is 0.184. The second kappa shape index (κ2) is 9.76. The van der Waals surface area contributed by atoms with Gasteiger partial charge in [-0.3, -0.25) is 9.79 Å². The molecule has 0 aliphatic carbocycles. The van der Waals surface area contributed by atoms with Gasteiger partial charge in [0.2, 0.25) is 5.88 Å². The molecular formula is C20H23N5O2S. The molecule has 1 aromatic heterocycles. The number of hydrogen-bond acceptors (Lipinski definition) is 6. The highest BCUT2D eigenvalue weighted by Crippen LogP contribution is 2.27. The maximum Gasteiger partial charge on any atom is 0.275 e. The van der Waals surface area contributed by atoms with Gasteiger partial charge in [-0.25, -0.2) is 9.97 Å². The maximum atomic E-state index is 12.4. The first-order valence-electron chi connectivity index (χ1n) is 8.51. The van der Waals surface area contributed by atoms with Crippen LogP contribution in [-0.4, -0.2) is 33.9 Å². The fourth-order valence-electron chi connectivity index (χ4n) is 2.25. The lowest BCUT2D eigenvalue weighted by molar-refractivity contribution is 0.102. The van der Waals surface area contributed by atoms with E-state index in [1.807, 2.05) is 38.3 Å². The predicted molar refractivity (Wildman–Crippen MR) is 114 cm³/mol. The molecule has 0 radical (unpaired) electrons. The Morgan fingerprint density at radius 2 is 2.14 bits per heavy atom. The fourth-order valence-corrected chi connectivity index (χ4v) is 2.57. The largest absolute Gasteiger partial charge is 0.463 e. The first-order valence-corrected chi connectivity index (χ1v) is 9.74. The number of nitrogens with one attached hydrogen (secondary N) is 1. The number of benzene rings is 1. The van der Waals surface area contributed by atoms with Crippen LogP contribution in [0.5, 0.6) is 5.88 Å². The van der Waals surface area contributed by atoms with Crippen molar-refractivity contribution in [2.45, 2.75) is 26.3 Å². The van der Waals surface area contributed by atoms with Crippen LogP contribution < -0.4 is 15.8 Å². The molecule has 3 N–H and O–H groups in total. The Labute approximate surface area is 169 Å². The molecule has 1 heterocycles. The molecule has 0 saturated heterocycles. The van der Waals surface area contributed by atoms with Crippen LogP contribution >= 0.6 is 11.8 Å². The van der Waals surface area contributed by atoms with Crippen molar-refractivity contribution < 1.29 is 9.53 Å². The van der Waals surface area contributed by atoms with Crippen molar-refractivity contribution in [1.29, 1.82) is 0 Å². The molecule has 7 nitrogen and oxygen atoms in total. The van der Waals surface area contributed by atoms with Gasteiger partial charge in [-0.2, -0.15) is 0 Å². The van der Waals surface area contributed by atoms with Gasteiger partial charge in [0.25, 0.3) is 5.91 Å². The Hall–Kier alpha value is -3.05. The van der Waals surface area contributed by atoms with E-state index in [0.717, 1.165) is 5.56 Å². The molecule has 2 aromatic rings. The van der Waals surface area contributed by atoms with Crippen LogP contribution in [0.25, 0.3) is 0 Å². The summed E-state index contributed by atoms with van der Waals surface area (Å²) in [6, 6.07) is 7.46. The topological polar surface area (TPSA) is 102 Å². The van der Waals surface area contributed by atoms with Crippen LogP contribution in [0.2, 0.25) is 0 Å². The molecule has 0 atom stereocenters. The SMILES string of the molecule is CC#CCOc1cnc(C(=O)Nc2cccc(C(C)(C)N=C(N)SC)c2)cn1. The summed E-state index contributed by atoms with van der Waals surface area (Å²) in [5, 5.41) is 3.32. The molecule has 28 heavy (non-hydrogen) atoms. The lowest BCUT2D eigenvalue weighted by atomic mass is 9.95. The zero-order valence-corrected chi connectivity index (χ0v) is 17.1. The number of hydrogen-bond donors (Lipinski definition) is 2. The number of nitrogens with two attached hydrogens (primary N) is 1. The van der Waals surface area contributed by atoms with E-state index >= 15 is 0 Å². The summed E-state index contributed by atoms with van der Waals surface area (Å²) in [6.45, 7) is 5.87. The molecule has 146 valence electrons. The lowest BCUT2D eigenvalue weighted by Crippen LogP contribution is -2.20. The van der Waals surface area contributed by atoms with Gasteiger partial charge < -0.3 is 15.8 Å². The number of carbonyl (C=O) groups is 1. The number of anilines is 1. The van der Waals surface area contributed by atoms with Gasteiger partial charge in [0.15, 0.2) is 11.8 Å². The number of rotatable bonds is 6. The van der Waals surface area contributed by atoms with E-state index in [4.69, 9.17) is 10.5 Å². The first-order chi connectivity index (χ1) is 13.4. The second-order valence-electron chi connectivity index (χ2n) is 6.20. The average Bonchev–Trinajstić information content (AvgIpc) is 2.68. The van der Waals surface area contributed by atoms with Crippen LogP contribution in [0.3, 0.4) is 0 Å². The number of aliphatic imine (C=N–C) groups is 1. The van der Waals surface area contributed by atoms with Gasteiger partial charge in [0, 0.05) is 5.69 Å². The molecule has 0 unspecified atom stereocenters. The summed E-state index contributed by atoms with van der Waals surface area (Å²) in [5.74, 6) is 5.43. The van der Waals surface area contributed by atoms with E-state index in [0.29, 0.717) is 16.7 Å². The van der Waals surface area contributed by atoms with E-state index in [2.05, 4.69) is 32.1 Å². The Morgan fingerprint density at radius 1 is 1.36 bits per heavy atom. The van der Waals surface area contributed by atoms with Gasteiger partial charge in [0.1, 0.15) is 5.69 Å². The van der Waals surface area contributed by atoms with E-state index in [-0.39, 0.29) is 18.2 Å². The van der Waals surface area contributed by atoms with Crippen molar-refractivity contribution >= 4 is 28.5 Å². The minimum atomic E-state index is -0.520. The molecule has 8 heteroatoms. The van der Waals surface area contributed by atoms with Crippen LogP contribution in [0, 0.1) is 11.8 Å². The highest BCUT2D eigenvalue weighted by atomic mass is 32.2.